The van der Waals surface area contributed by atoms with Crippen molar-refractivity contribution in [1.82, 2.24) is 4.98 Å². The van der Waals surface area contributed by atoms with Gasteiger partial charge in [0, 0.05) is 16.6 Å². The highest BCUT2D eigenvalue weighted by atomic mass is 16.3. The number of carbonyl (C=O) groups is 1. The van der Waals surface area contributed by atoms with Crippen molar-refractivity contribution in [3.63, 3.8) is 0 Å². The second kappa shape index (κ2) is 4.98. The van der Waals surface area contributed by atoms with Crippen LogP contribution in [0.5, 0.6) is 5.75 Å². The van der Waals surface area contributed by atoms with E-state index in [4.69, 9.17) is 0 Å². The number of rotatable bonds is 2. The molecule has 0 atom stereocenters. The summed E-state index contributed by atoms with van der Waals surface area (Å²) in [6, 6.07) is 13.0. The molecule has 4 heteroatoms. The van der Waals surface area contributed by atoms with Crippen LogP contribution in [0.3, 0.4) is 0 Å². The Labute approximate surface area is 122 Å². The SMILES string of the molecule is Cc1cc(NC(=O)c2cc3ccccc3[nH]2)c(C)cc1O. The number of carbonyl (C=O) groups excluding carboxylic acids is 1. The fourth-order valence-corrected chi connectivity index (χ4v) is 2.32. The number of H-pyrrole nitrogens is 1. The van der Waals surface area contributed by atoms with E-state index in [1.165, 1.54) is 0 Å². The molecule has 1 aromatic heterocycles. The highest BCUT2D eigenvalue weighted by molar-refractivity contribution is 6.06. The zero-order valence-corrected chi connectivity index (χ0v) is 11.9. The smallest absolute Gasteiger partial charge is 0.272 e. The van der Waals surface area contributed by atoms with Gasteiger partial charge >= 0.3 is 0 Å². The van der Waals surface area contributed by atoms with E-state index in [1.807, 2.05) is 37.3 Å². The van der Waals surface area contributed by atoms with Gasteiger partial charge in [-0.1, -0.05) is 18.2 Å². The first-order valence-electron chi connectivity index (χ1n) is 6.74. The lowest BCUT2D eigenvalue weighted by molar-refractivity contribution is 0.102. The molecule has 0 spiro atoms. The first-order valence-corrected chi connectivity index (χ1v) is 6.74. The number of amides is 1. The minimum atomic E-state index is -0.195. The Kier molecular flexibility index (Phi) is 3.14. The number of nitrogens with one attached hydrogen (secondary N) is 2. The number of aryl methyl sites for hydroxylation is 2. The largest absolute Gasteiger partial charge is 0.508 e. The molecule has 0 bridgehead atoms. The predicted molar refractivity (Wildman–Crippen MR) is 83.8 cm³/mol. The van der Waals surface area contributed by atoms with Crippen molar-refractivity contribution in [2.45, 2.75) is 13.8 Å². The Morgan fingerprint density at radius 3 is 2.62 bits per heavy atom. The molecule has 0 saturated carbocycles. The maximum atomic E-state index is 12.3. The summed E-state index contributed by atoms with van der Waals surface area (Å²) in [6.07, 6.45) is 0. The Morgan fingerprint density at radius 1 is 1.10 bits per heavy atom. The van der Waals surface area contributed by atoms with Crippen molar-refractivity contribution >= 4 is 22.5 Å². The molecule has 0 aliphatic carbocycles. The molecule has 0 saturated heterocycles. The summed E-state index contributed by atoms with van der Waals surface area (Å²) >= 11 is 0. The van der Waals surface area contributed by atoms with E-state index in [2.05, 4.69) is 10.3 Å². The number of fused-ring (bicyclic) bond motifs is 1. The van der Waals surface area contributed by atoms with Gasteiger partial charge in [0.25, 0.3) is 5.91 Å². The highest BCUT2D eigenvalue weighted by Gasteiger charge is 2.12. The lowest BCUT2D eigenvalue weighted by Gasteiger charge is -2.10. The quantitative estimate of drug-likeness (QED) is 0.626. The standard InChI is InChI=1S/C17H16N2O2/c1-10-8-16(20)11(2)7-14(10)19-17(21)15-9-12-5-3-4-6-13(12)18-15/h3-9,18,20H,1-2H3,(H,19,21). The highest BCUT2D eigenvalue weighted by Crippen LogP contribution is 2.25. The third kappa shape index (κ3) is 2.48. The maximum Gasteiger partial charge on any atom is 0.272 e. The molecular formula is C17H16N2O2. The van der Waals surface area contributed by atoms with Gasteiger partial charge in [-0.25, -0.2) is 0 Å². The van der Waals surface area contributed by atoms with E-state index in [0.29, 0.717) is 11.4 Å². The lowest BCUT2D eigenvalue weighted by atomic mass is 10.1. The van der Waals surface area contributed by atoms with Gasteiger partial charge in [-0.2, -0.15) is 0 Å². The normalized spacial score (nSPS) is 10.8. The number of anilines is 1. The van der Waals surface area contributed by atoms with Crippen LogP contribution in [0.25, 0.3) is 10.9 Å². The number of aromatic amines is 1. The minimum absolute atomic E-state index is 0.195. The molecule has 0 aliphatic heterocycles. The van der Waals surface area contributed by atoms with Crippen LogP contribution in [0.2, 0.25) is 0 Å². The minimum Gasteiger partial charge on any atom is -0.508 e. The number of phenols is 1. The van der Waals surface area contributed by atoms with Crippen molar-refractivity contribution in [2.24, 2.45) is 0 Å². The van der Waals surface area contributed by atoms with Crippen molar-refractivity contribution < 1.29 is 9.90 Å². The monoisotopic (exact) mass is 280 g/mol. The number of hydrogen-bond acceptors (Lipinski definition) is 2. The number of phenolic OH excluding ortho intramolecular Hbond substituents is 1. The van der Waals surface area contributed by atoms with Gasteiger partial charge in [0.2, 0.25) is 0 Å². The lowest BCUT2D eigenvalue weighted by Crippen LogP contribution is -2.13. The zero-order chi connectivity index (χ0) is 15.0. The Balaban J connectivity index is 1.91. The van der Waals surface area contributed by atoms with Crippen LogP contribution < -0.4 is 5.32 Å². The molecule has 1 amide bonds. The number of benzene rings is 2. The molecule has 0 unspecified atom stereocenters. The third-order valence-electron chi connectivity index (χ3n) is 3.57. The van der Waals surface area contributed by atoms with Gasteiger partial charge < -0.3 is 15.4 Å². The summed E-state index contributed by atoms with van der Waals surface area (Å²) < 4.78 is 0. The third-order valence-corrected chi connectivity index (χ3v) is 3.57. The number of para-hydroxylation sites is 1. The number of aromatic nitrogens is 1. The second-order valence-electron chi connectivity index (χ2n) is 5.18. The molecule has 2 aromatic carbocycles. The van der Waals surface area contributed by atoms with Crippen LogP contribution in [0, 0.1) is 13.8 Å². The van der Waals surface area contributed by atoms with Gasteiger partial charge in [-0.15, -0.1) is 0 Å². The first kappa shape index (κ1) is 13.2. The zero-order valence-electron chi connectivity index (χ0n) is 11.9. The molecule has 3 N–H and O–H groups in total. The van der Waals surface area contributed by atoms with E-state index in [0.717, 1.165) is 22.0 Å². The molecule has 0 radical (unpaired) electrons. The van der Waals surface area contributed by atoms with E-state index in [-0.39, 0.29) is 11.7 Å². The summed E-state index contributed by atoms with van der Waals surface area (Å²) in [5.74, 6) is 0.0375. The van der Waals surface area contributed by atoms with Gasteiger partial charge in [-0.05, 0) is 49.2 Å². The number of hydrogen-bond donors (Lipinski definition) is 3. The van der Waals surface area contributed by atoms with Crippen LogP contribution in [-0.2, 0) is 0 Å². The van der Waals surface area contributed by atoms with E-state index in [9.17, 15) is 9.90 Å². The van der Waals surface area contributed by atoms with Crippen LogP contribution in [0.4, 0.5) is 5.69 Å². The average molecular weight is 280 g/mol. The van der Waals surface area contributed by atoms with Crippen LogP contribution >= 0.6 is 0 Å². The molecule has 4 nitrogen and oxygen atoms in total. The molecule has 0 aliphatic rings. The van der Waals surface area contributed by atoms with Gasteiger partial charge in [0.1, 0.15) is 11.4 Å². The number of aromatic hydroxyl groups is 1. The van der Waals surface area contributed by atoms with Crippen LogP contribution in [-0.4, -0.2) is 16.0 Å². The Hall–Kier alpha value is -2.75. The van der Waals surface area contributed by atoms with Gasteiger partial charge in [0.15, 0.2) is 0 Å². The first-order chi connectivity index (χ1) is 10.0. The fraction of sp³-hybridized carbons (Fsp3) is 0.118. The van der Waals surface area contributed by atoms with Crippen molar-refractivity contribution in [2.75, 3.05) is 5.32 Å². The summed E-state index contributed by atoms with van der Waals surface area (Å²) in [5, 5.41) is 13.5. The summed E-state index contributed by atoms with van der Waals surface area (Å²) in [6.45, 7) is 3.65. The predicted octanol–water partition coefficient (Wildman–Crippen LogP) is 3.74. The molecule has 0 fully saturated rings. The topological polar surface area (TPSA) is 65.1 Å². The average Bonchev–Trinajstić information content (AvgIpc) is 2.88. The summed E-state index contributed by atoms with van der Waals surface area (Å²) in [5.41, 5.74) is 3.70. The fourth-order valence-electron chi connectivity index (χ4n) is 2.32. The summed E-state index contributed by atoms with van der Waals surface area (Å²) in [7, 11) is 0. The van der Waals surface area contributed by atoms with E-state index < -0.39 is 0 Å². The van der Waals surface area contributed by atoms with Crippen LogP contribution in [0.1, 0.15) is 21.6 Å². The second-order valence-corrected chi connectivity index (χ2v) is 5.18. The van der Waals surface area contributed by atoms with Gasteiger partial charge in [-0.3, -0.25) is 4.79 Å². The molecule has 106 valence electrons. The van der Waals surface area contributed by atoms with E-state index in [1.54, 1.807) is 19.1 Å². The van der Waals surface area contributed by atoms with Crippen molar-refractivity contribution in [3.8, 4) is 5.75 Å². The summed E-state index contributed by atoms with van der Waals surface area (Å²) in [4.78, 5) is 15.4. The molecule has 3 aromatic rings. The van der Waals surface area contributed by atoms with Crippen molar-refractivity contribution in [3.05, 3.63) is 59.3 Å². The van der Waals surface area contributed by atoms with E-state index >= 15 is 0 Å². The molecule has 21 heavy (non-hydrogen) atoms. The van der Waals surface area contributed by atoms with Crippen molar-refractivity contribution in [1.29, 1.82) is 0 Å². The molecule has 1 heterocycles. The van der Waals surface area contributed by atoms with Gasteiger partial charge in [0.05, 0.1) is 0 Å². The van der Waals surface area contributed by atoms with Crippen LogP contribution in [0.15, 0.2) is 42.5 Å². The maximum absolute atomic E-state index is 12.3. The Morgan fingerprint density at radius 2 is 1.86 bits per heavy atom. The molecular weight excluding hydrogens is 264 g/mol. The Bertz CT molecular complexity index is 801. The molecule has 3 rings (SSSR count).